The second-order valence-corrected chi connectivity index (χ2v) is 23.4. The molecule has 8 aliphatic rings. The lowest BCUT2D eigenvalue weighted by atomic mass is 9.72. The highest BCUT2D eigenvalue weighted by atomic mass is 16.2. The highest BCUT2D eigenvalue weighted by Crippen LogP contribution is 2.53. The van der Waals surface area contributed by atoms with Gasteiger partial charge in [0.05, 0.1) is 28.9 Å². The van der Waals surface area contributed by atoms with E-state index in [-0.39, 0.29) is 53.5 Å². The van der Waals surface area contributed by atoms with Crippen molar-refractivity contribution in [3.63, 3.8) is 0 Å². The predicted molar refractivity (Wildman–Crippen MR) is 280 cm³/mol. The molecule has 1 aliphatic carbocycles. The molecule has 1 aromatic carbocycles. The number of fused-ring (bicyclic) bond motifs is 3. The number of amides is 5. The maximum Gasteiger partial charge on any atom is 0.238 e. The summed E-state index contributed by atoms with van der Waals surface area (Å²) in [6.45, 7) is 14.3. The van der Waals surface area contributed by atoms with Crippen LogP contribution in [-0.4, -0.2) is 141 Å². The number of carbonyl (C=O) groups excluding carboxylic acids is 5. The average molecular weight is 992 g/mol. The van der Waals surface area contributed by atoms with Crippen molar-refractivity contribution in [1.82, 2.24) is 39.5 Å². The van der Waals surface area contributed by atoms with E-state index in [2.05, 4.69) is 79.5 Å². The van der Waals surface area contributed by atoms with Gasteiger partial charge in [-0.25, -0.2) is 15.0 Å². The number of hydrogen-bond acceptors (Lipinski definition) is 11. The predicted octanol–water partition coefficient (Wildman–Crippen LogP) is 6.96. The minimum absolute atomic E-state index is 0.0719. The van der Waals surface area contributed by atoms with Gasteiger partial charge in [0.15, 0.2) is 5.82 Å². The summed E-state index contributed by atoms with van der Waals surface area (Å²) in [7, 11) is 0. The third-order valence-electron chi connectivity index (χ3n) is 18.7. The van der Waals surface area contributed by atoms with E-state index in [0.717, 1.165) is 115 Å². The minimum atomic E-state index is -0.684. The third-order valence-corrected chi connectivity index (χ3v) is 18.7. The van der Waals surface area contributed by atoms with E-state index in [1.54, 1.807) is 6.20 Å². The lowest BCUT2D eigenvalue weighted by molar-refractivity contribution is -0.150. The van der Waals surface area contributed by atoms with E-state index in [1.807, 2.05) is 28.3 Å². The number of carbonyl (C=O) groups is 5. The summed E-state index contributed by atoms with van der Waals surface area (Å²) in [5.41, 5.74) is 5.60. The Kier molecular flexibility index (Phi) is 12.6. The molecular weight excluding hydrogens is 919 g/mol. The Morgan fingerprint density at radius 1 is 0.740 bits per heavy atom. The Morgan fingerprint density at radius 3 is 2.14 bits per heavy atom. The number of pyridine rings is 2. The van der Waals surface area contributed by atoms with Crippen LogP contribution in [0, 0.1) is 11.3 Å². The molecule has 3 aromatic heterocycles. The van der Waals surface area contributed by atoms with E-state index in [4.69, 9.17) is 9.97 Å². The first-order chi connectivity index (χ1) is 35.4. The number of anilines is 3. The van der Waals surface area contributed by atoms with Crippen LogP contribution in [0.3, 0.4) is 0 Å². The Bertz CT molecular complexity index is 2780. The van der Waals surface area contributed by atoms with Gasteiger partial charge in [-0.3, -0.25) is 29.3 Å². The van der Waals surface area contributed by atoms with Crippen LogP contribution in [0.1, 0.15) is 140 Å². The van der Waals surface area contributed by atoms with Crippen LogP contribution in [0.25, 0.3) is 22.3 Å². The van der Waals surface area contributed by atoms with Crippen molar-refractivity contribution in [2.45, 2.75) is 147 Å². The first-order valence-corrected chi connectivity index (χ1v) is 27.9. The number of imidazole rings is 1. The van der Waals surface area contributed by atoms with Crippen molar-refractivity contribution in [1.29, 1.82) is 0 Å². The Labute approximate surface area is 429 Å². The number of rotatable bonds is 9. The van der Waals surface area contributed by atoms with E-state index >= 15 is 4.79 Å². The van der Waals surface area contributed by atoms with Crippen molar-refractivity contribution in [3.05, 3.63) is 60.0 Å². The molecule has 7 aliphatic heterocycles. The van der Waals surface area contributed by atoms with Gasteiger partial charge in [0, 0.05) is 106 Å². The molecule has 16 heteroatoms. The first-order valence-electron chi connectivity index (χ1n) is 27.9. The number of nitrogens with zero attached hydrogens (tertiary/aromatic N) is 10. The fourth-order valence-electron chi connectivity index (χ4n) is 14.0. The molecule has 1 N–H and O–H groups in total. The van der Waals surface area contributed by atoms with Crippen LogP contribution < -0.4 is 20.0 Å². The Hall–Kier alpha value is -5.90. The quantitative estimate of drug-likeness (QED) is 0.173. The largest absolute Gasteiger partial charge is 0.357 e. The molecule has 386 valence electrons. The summed E-state index contributed by atoms with van der Waals surface area (Å²) in [5.74, 6) is 1.42. The second-order valence-electron chi connectivity index (χ2n) is 23.4. The van der Waals surface area contributed by atoms with Crippen LogP contribution in [0.4, 0.5) is 17.3 Å². The lowest BCUT2D eigenvalue weighted by Crippen LogP contribution is -2.59. The topological polar surface area (TPSA) is 160 Å². The van der Waals surface area contributed by atoms with Gasteiger partial charge in [-0.1, -0.05) is 31.5 Å². The number of hydrogen-bond donors (Lipinski definition) is 1. The number of piperidine rings is 5. The maximum atomic E-state index is 15.3. The van der Waals surface area contributed by atoms with Crippen molar-refractivity contribution >= 4 is 57.9 Å². The molecule has 1 atom stereocenters. The molecule has 16 nitrogen and oxygen atoms in total. The molecule has 7 fully saturated rings. The van der Waals surface area contributed by atoms with Gasteiger partial charge in [-0.2, -0.15) is 0 Å². The van der Waals surface area contributed by atoms with Gasteiger partial charge in [-0.15, -0.1) is 0 Å². The second kappa shape index (κ2) is 19.1. The normalized spacial score (nSPS) is 25.7. The van der Waals surface area contributed by atoms with E-state index in [1.165, 1.54) is 19.3 Å². The van der Waals surface area contributed by atoms with Crippen LogP contribution in [-0.2, 0) is 29.4 Å². The lowest BCUT2D eigenvalue weighted by Gasteiger charge is -2.48. The summed E-state index contributed by atoms with van der Waals surface area (Å²) in [6.07, 6.45) is 16.5. The molecule has 1 unspecified atom stereocenters. The third kappa shape index (κ3) is 8.56. The maximum absolute atomic E-state index is 15.3. The smallest absolute Gasteiger partial charge is 0.238 e. The number of nitrogens with one attached hydrogen (secondary N) is 1. The van der Waals surface area contributed by atoms with Gasteiger partial charge >= 0.3 is 0 Å². The van der Waals surface area contributed by atoms with Gasteiger partial charge in [-0.05, 0) is 140 Å². The van der Waals surface area contributed by atoms with E-state index in [9.17, 15) is 19.2 Å². The van der Waals surface area contributed by atoms with Gasteiger partial charge in [0.25, 0.3) is 0 Å². The van der Waals surface area contributed by atoms with Crippen LogP contribution in [0.2, 0.25) is 0 Å². The Balaban J connectivity index is 0.711. The minimum Gasteiger partial charge on any atom is -0.357 e. The highest BCUT2D eigenvalue weighted by molar-refractivity contribution is 6.09. The van der Waals surface area contributed by atoms with Crippen LogP contribution in [0.15, 0.2) is 48.9 Å². The summed E-state index contributed by atoms with van der Waals surface area (Å²) in [6, 6.07) is 13.6. The molecule has 73 heavy (non-hydrogen) atoms. The summed E-state index contributed by atoms with van der Waals surface area (Å²) < 4.78 is 2.24. The number of aromatic nitrogens is 4. The van der Waals surface area contributed by atoms with E-state index < -0.39 is 10.8 Å². The summed E-state index contributed by atoms with van der Waals surface area (Å²) in [5, 5.41) is 2.43. The average Bonchev–Trinajstić information content (AvgIpc) is 4.15. The van der Waals surface area contributed by atoms with E-state index in [0.29, 0.717) is 83.8 Å². The van der Waals surface area contributed by atoms with Crippen molar-refractivity contribution in [2.24, 2.45) is 11.3 Å². The van der Waals surface area contributed by atoms with Crippen LogP contribution in [0.5, 0.6) is 0 Å². The molecule has 5 amide bonds. The molecule has 4 aromatic rings. The monoisotopic (exact) mass is 992 g/mol. The summed E-state index contributed by atoms with van der Waals surface area (Å²) in [4.78, 5) is 96.4. The molecule has 12 rings (SSSR count). The first kappa shape index (κ1) is 48.1. The standard InChI is InChI=1S/C57H73N11O5/c1-37(2)67-36-59-46-34-45(60-51(50(46)67)64-23-7-8-24-64)39-9-12-44-47(31-39)68(42-32-41(33-42)62-21-5-4-6-22-62)55(73)57(44)19-29-66(30-20-57)54(72)56(3)17-27-65(28-18-56)53(71)38-15-25-63(26-16-38)48-13-10-40(35-58-48)43-11-14-49(69)61-52(43)70/h9-10,12-13,31,34-38,41-43H,4-8,11,14-30,32-33H2,1-3H3,(H,61,69,70)/t41-,42+,43?. The molecule has 6 saturated heterocycles. The molecule has 10 heterocycles. The van der Waals surface area contributed by atoms with Crippen molar-refractivity contribution in [3.8, 4) is 11.3 Å². The van der Waals surface area contributed by atoms with Crippen molar-refractivity contribution < 1.29 is 24.0 Å². The zero-order chi connectivity index (χ0) is 50.2. The number of likely N-dealkylation sites (tertiary alicyclic amines) is 3. The molecule has 1 spiro atoms. The Morgan fingerprint density at radius 2 is 1.45 bits per heavy atom. The summed E-state index contributed by atoms with van der Waals surface area (Å²) >= 11 is 0. The number of imide groups is 1. The van der Waals surface area contributed by atoms with Gasteiger partial charge in [0.1, 0.15) is 11.3 Å². The van der Waals surface area contributed by atoms with Crippen LogP contribution >= 0.6 is 0 Å². The molecule has 1 saturated carbocycles. The van der Waals surface area contributed by atoms with Gasteiger partial charge < -0.3 is 34.0 Å². The molecular formula is C57H73N11O5. The fourth-order valence-corrected chi connectivity index (χ4v) is 14.0. The highest BCUT2D eigenvalue weighted by Gasteiger charge is 2.56. The zero-order valence-corrected chi connectivity index (χ0v) is 43.2. The zero-order valence-electron chi connectivity index (χ0n) is 43.2. The molecule has 0 bridgehead atoms. The SMILES string of the molecule is CC(C)n1cnc2cc(-c3ccc4c(c3)N([C@H]3C[C@@H](N5CCCCC5)C3)C(=O)C43CCN(C(=O)C4(C)CCN(C(=O)C5CCN(c6ccc(C7CCC(=O)NC7=O)cn6)CC5)CC4)CC3)nc(N3CCCC3)c21. The molecule has 0 radical (unpaired) electrons. The van der Waals surface area contributed by atoms with Crippen molar-refractivity contribution in [2.75, 3.05) is 80.1 Å². The van der Waals surface area contributed by atoms with Gasteiger partial charge in [0.2, 0.25) is 29.5 Å². The number of benzene rings is 1. The fraction of sp³-hybridized carbons (Fsp3) is 0.614.